The van der Waals surface area contributed by atoms with E-state index in [1.165, 1.54) is 0 Å². The number of nitrogens with one attached hydrogen (secondary N) is 1. The Kier molecular flexibility index (Phi) is 6.12. The van der Waals surface area contributed by atoms with Crippen molar-refractivity contribution in [1.29, 1.82) is 0 Å². The van der Waals surface area contributed by atoms with Crippen molar-refractivity contribution < 1.29 is 4.79 Å². The van der Waals surface area contributed by atoms with Crippen LogP contribution in [0.3, 0.4) is 0 Å². The van der Waals surface area contributed by atoms with Gasteiger partial charge in [-0.2, -0.15) is 0 Å². The Morgan fingerprint density at radius 2 is 2.09 bits per heavy atom. The van der Waals surface area contributed by atoms with Gasteiger partial charge in [0.05, 0.1) is 11.4 Å². The number of carbonyl (C=O) groups is 1. The molecule has 0 unspecified atom stereocenters. The molecule has 6 nitrogen and oxygen atoms in total. The molecular weight excluding hydrogens is 314 g/mol. The van der Waals surface area contributed by atoms with Crippen LogP contribution in [0.1, 0.15) is 30.0 Å². The van der Waals surface area contributed by atoms with Gasteiger partial charge in [0, 0.05) is 18.1 Å². The molecule has 23 heavy (non-hydrogen) atoms. The molecule has 7 heteroatoms. The van der Waals surface area contributed by atoms with Gasteiger partial charge >= 0.3 is 0 Å². The minimum absolute atomic E-state index is 0.206. The van der Waals surface area contributed by atoms with Crippen LogP contribution in [0.25, 0.3) is 5.69 Å². The lowest BCUT2D eigenvalue weighted by molar-refractivity contribution is 0.0943. The normalized spacial score (nSPS) is 11.0. The molecule has 0 aliphatic rings. The predicted octanol–water partition coefficient (Wildman–Crippen LogP) is 2.30. The largest absolute Gasteiger partial charge is 0.349 e. The molecule has 0 spiro atoms. The van der Waals surface area contributed by atoms with Crippen molar-refractivity contribution in [2.75, 3.05) is 26.2 Å². The number of nitrogens with zero attached hydrogens (tertiary/aromatic N) is 4. The monoisotopic (exact) mass is 335 g/mol. The van der Waals surface area contributed by atoms with Crippen LogP contribution in [0.15, 0.2) is 24.3 Å². The quantitative estimate of drug-likeness (QED) is 0.843. The summed E-state index contributed by atoms with van der Waals surface area (Å²) in [5.41, 5.74) is 1.81. The summed E-state index contributed by atoms with van der Waals surface area (Å²) in [7, 11) is 0. The number of hydrogen-bond acceptors (Lipinski definition) is 4. The van der Waals surface area contributed by atoms with Gasteiger partial charge in [0.2, 0.25) is 0 Å². The van der Waals surface area contributed by atoms with E-state index in [0.29, 0.717) is 23.0 Å². The lowest BCUT2D eigenvalue weighted by Gasteiger charge is -2.17. The highest BCUT2D eigenvalue weighted by Gasteiger charge is 2.17. The molecule has 0 atom stereocenters. The molecule has 0 aliphatic heterocycles. The molecule has 0 aliphatic carbocycles. The number of likely N-dealkylation sites (N-methyl/N-ethyl adjacent to an activating group) is 1. The molecule has 0 saturated carbocycles. The van der Waals surface area contributed by atoms with Crippen molar-refractivity contribution in [2.45, 2.75) is 20.8 Å². The molecule has 124 valence electrons. The Labute approximate surface area is 141 Å². The minimum atomic E-state index is -0.206. The summed E-state index contributed by atoms with van der Waals surface area (Å²) in [6.07, 6.45) is 0. The maximum Gasteiger partial charge on any atom is 0.273 e. The maximum atomic E-state index is 12.3. The van der Waals surface area contributed by atoms with Crippen LogP contribution in [0, 0.1) is 6.92 Å². The summed E-state index contributed by atoms with van der Waals surface area (Å²) in [5.74, 6) is -0.206. The first-order chi connectivity index (χ1) is 11.1. The highest BCUT2D eigenvalue weighted by Crippen LogP contribution is 2.16. The lowest BCUT2D eigenvalue weighted by Crippen LogP contribution is -2.35. The van der Waals surface area contributed by atoms with Crippen LogP contribution in [0.4, 0.5) is 0 Å². The molecule has 1 aromatic heterocycles. The fraction of sp³-hybridized carbons (Fsp3) is 0.438. The van der Waals surface area contributed by atoms with E-state index in [0.717, 1.165) is 25.3 Å². The second-order valence-corrected chi connectivity index (χ2v) is 5.63. The Bertz CT molecular complexity index is 666. The van der Waals surface area contributed by atoms with E-state index in [2.05, 4.69) is 34.4 Å². The van der Waals surface area contributed by atoms with Crippen molar-refractivity contribution in [3.63, 3.8) is 0 Å². The second kappa shape index (κ2) is 8.08. The van der Waals surface area contributed by atoms with Crippen molar-refractivity contribution in [1.82, 2.24) is 25.2 Å². The lowest BCUT2D eigenvalue weighted by atomic mass is 10.3. The summed E-state index contributed by atoms with van der Waals surface area (Å²) >= 11 is 6.00. The average molecular weight is 336 g/mol. The van der Waals surface area contributed by atoms with Crippen LogP contribution in [0.2, 0.25) is 5.02 Å². The van der Waals surface area contributed by atoms with E-state index < -0.39 is 0 Å². The van der Waals surface area contributed by atoms with E-state index in [4.69, 9.17) is 11.6 Å². The third-order valence-electron chi connectivity index (χ3n) is 3.77. The molecule has 0 bridgehead atoms. The highest BCUT2D eigenvalue weighted by molar-refractivity contribution is 6.30. The van der Waals surface area contributed by atoms with Crippen LogP contribution in [0.5, 0.6) is 0 Å². The van der Waals surface area contributed by atoms with Crippen molar-refractivity contribution in [3.05, 3.63) is 40.7 Å². The molecule has 0 fully saturated rings. The van der Waals surface area contributed by atoms with Gasteiger partial charge in [0.1, 0.15) is 0 Å². The van der Waals surface area contributed by atoms with Crippen LogP contribution >= 0.6 is 11.6 Å². The molecule has 2 rings (SSSR count). The van der Waals surface area contributed by atoms with Gasteiger partial charge in [-0.25, -0.2) is 4.68 Å². The summed E-state index contributed by atoms with van der Waals surface area (Å²) in [6, 6.07) is 7.28. The van der Waals surface area contributed by atoms with Crippen LogP contribution < -0.4 is 5.32 Å². The van der Waals surface area contributed by atoms with E-state index in [1.807, 2.05) is 19.1 Å². The summed E-state index contributed by atoms with van der Waals surface area (Å²) in [5, 5.41) is 11.6. The summed E-state index contributed by atoms with van der Waals surface area (Å²) in [6.45, 7) is 9.37. The van der Waals surface area contributed by atoms with Crippen molar-refractivity contribution in [3.8, 4) is 5.69 Å². The smallest absolute Gasteiger partial charge is 0.273 e. The molecule has 0 radical (unpaired) electrons. The Morgan fingerprint density at radius 1 is 1.35 bits per heavy atom. The summed E-state index contributed by atoms with van der Waals surface area (Å²) in [4.78, 5) is 14.5. The first-order valence-corrected chi connectivity index (χ1v) is 8.13. The van der Waals surface area contributed by atoms with Gasteiger partial charge in [-0.15, -0.1) is 5.10 Å². The third-order valence-corrected chi connectivity index (χ3v) is 4.01. The molecular formula is C16H22ClN5O. The Balaban J connectivity index is 2.05. The Hall–Kier alpha value is -1.92. The van der Waals surface area contributed by atoms with E-state index in [-0.39, 0.29) is 5.91 Å². The number of aromatic nitrogens is 3. The standard InChI is InChI=1S/C16H22ClN5O/c1-4-21(5-2)10-9-18-16(23)15-12(3)22(20-19-15)14-8-6-7-13(17)11-14/h6-8,11H,4-5,9-10H2,1-3H3,(H,18,23). The number of rotatable bonds is 7. The number of benzene rings is 1. The average Bonchev–Trinajstić information content (AvgIpc) is 2.93. The zero-order valence-electron chi connectivity index (χ0n) is 13.7. The van der Waals surface area contributed by atoms with E-state index in [9.17, 15) is 4.79 Å². The van der Waals surface area contributed by atoms with E-state index >= 15 is 0 Å². The van der Waals surface area contributed by atoms with E-state index in [1.54, 1.807) is 16.8 Å². The number of amides is 1. The van der Waals surface area contributed by atoms with Gasteiger partial charge in [0.15, 0.2) is 5.69 Å². The summed E-state index contributed by atoms with van der Waals surface area (Å²) < 4.78 is 1.62. The molecule has 2 aromatic rings. The van der Waals surface area contributed by atoms with Gasteiger partial charge < -0.3 is 10.2 Å². The topological polar surface area (TPSA) is 63.1 Å². The highest BCUT2D eigenvalue weighted by atomic mass is 35.5. The minimum Gasteiger partial charge on any atom is -0.349 e. The van der Waals surface area contributed by atoms with Gasteiger partial charge in [-0.1, -0.05) is 36.7 Å². The van der Waals surface area contributed by atoms with Gasteiger partial charge in [-0.3, -0.25) is 4.79 Å². The van der Waals surface area contributed by atoms with Crippen molar-refractivity contribution in [2.24, 2.45) is 0 Å². The number of halogens is 1. The fourth-order valence-electron chi connectivity index (χ4n) is 2.34. The van der Waals surface area contributed by atoms with Crippen LogP contribution in [-0.4, -0.2) is 52.0 Å². The first kappa shape index (κ1) is 17.4. The molecule has 1 heterocycles. The third kappa shape index (κ3) is 4.30. The van der Waals surface area contributed by atoms with Gasteiger partial charge in [0.25, 0.3) is 5.91 Å². The fourth-order valence-corrected chi connectivity index (χ4v) is 2.53. The maximum absolute atomic E-state index is 12.3. The zero-order chi connectivity index (χ0) is 16.8. The number of carbonyl (C=O) groups excluding carboxylic acids is 1. The molecule has 1 N–H and O–H groups in total. The number of hydrogen-bond donors (Lipinski definition) is 1. The Morgan fingerprint density at radius 3 is 2.74 bits per heavy atom. The second-order valence-electron chi connectivity index (χ2n) is 5.20. The zero-order valence-corrected chi connectivity index (χ0v) is 14.5. The van der Waals surface area contributed by atoms with Crippen LogP contribution in [-0.2, 0) is 0 Å². The predicted molar refractivity (Wildman–Crippen MR) is 91.2 cm³/mol. The molecule has 1 aromatic carbocycles. The SMILES string of the molecule is CCN(CC)CCNC(=O)c1nnn(-c2cccc(Cl)c2)c1C. The molecule has 0 saturated heterocycles. The molecule has 1 amide bonds. The first-order valence-electron chi connectivity index (χ1n) is 7.75. The van der Waals surface area contributed by atoms with Gasteiger partial charge in [-0.05, 0) is 38.2 Å². The van der Waals surface area contributed by atoms with Crippen molar-refractivity contribution >= 4 is 17.5 Å².